The van der Waals surface area contributed by atoms with Gasteiger partial charge in [-0.1, -0.05) is 46.9 Å². The molecule has 0 atom stereocenters. The molecule has 0 aliphatic carbocycles. The van der Waals surface area contributed by atoms with Crippen LogP contribution in [-0.4, -0.2) is 9.55 Å². The van der Waals surface area contributed by atoms with Gasteiger partial charge in [0.15, 0.2) is 4.80 Å². The van der Waals surface area contributed by atoms with Crippen molar-refractivity contribution >= 4 is 48.2 Å². The van der Waals surface area contributed by atoms with Crippen LogP contribution in [0.1, 0.15) is 0 Å². The summed E-state index contributed by atoms with van der Waals surface area (Å²) >= 11 is 3.32. The second-order valence-electron chi connectivity index (χ2n) is 4.49. The molecule has 0 N–H and O–H groups in total. The number of thiazole rings is 2. The van der Waals surface area contributed by atoms with Crippen LogP contribution in [-0.2, 0) is 7.05 Å². The van der Waals surface area contributed by atoms with Crippen molar-refractivity contribution in [3.05, 3.63) is 53.3 Å². The van der Waals surface area contributed by atoms with E-state index < -0.39 is 0 Å². The van der Waals surface area contributed by atoms with Crippen molar-refractivity contribution in [2.45, 2.75) is 0 Å². The third kappa shape index (κ3) is 1.87. The number of benzene rings is 2. The minimum Gasteiger partial charge on any atom is -0.319 e. The van der Waals surface area contributed by atoms with Crippen molar-refractivity contribution in [3.8, 4) is 0 Å². The number of aryl methyl sites for hydroxylation is 1. The lowest BCUT2D eigenvalue weighted by Crippen LogP contribution is -2.08. The Bertz CT molecular complexity index is 942. The Kier molecular flexibility index (Phi) is 2.68. The number of rotatable bonds is 1. The topological polar surface area (TPSA) is 30.2 Å². The largest absolute Gasteiger partial charge is 0.319 e. The predicted octanol–water partition coefficient (Wildman–Crippen LogP) is 4.08. The first-order valence-corrected chi connectivity index (χ1v) is 7.89. The van der Waals surface area contributed by atoms with Gasteiger partial charge < -0.3 is 4.57 Å². The summed E-state index contributed by atoms with van der Waals surface area (Å²) < 4.78 is 4.54. The molecule has 0 bridgehead atoms. The van der Waals surface area contributed by atoms with Crippen molar-refractivity contribution in [1.29, 1.82) is 0 Å². The van der Waals surface area contributed by atoms with Gasteiger partial charge in [0.2, 0.25) is 5.13 Å². The summed E-state index contributed by atoms with van der Waals surface area (Å²) in [5, 5.41) is 0.813. The van der Waals surface area contributed by atoms with Gasteiger partial charge in [0.25, 0.3) is 0 Å². The fourth-order valence-electron chi connectivity index (χ4n) is 2.18. The van der Waals surface area contributed by atoms with E-state index in [1.165, 1.54) is 14.9 Å². The quantitative estimate of drug-likeness (QED) is 0.520. The molecule has 0 spiro atoms. The van der Waals surface area contributed by atoms with Gasteiger partial charge >= 0.3 is 0 Å². The van der Waals surface area contributed by atoms with Crippen LogP contribution in [0.5, 0.6) is 0 Å². The molecule has 0 saturated heterocycles. The zero-order chi connectivity index (χ0) is 13.5. The van der Waals surface area contributed by atoms with Crippen LogP contribution in [0.15, 0.2) is 53.5 Å². The summed E-state index contributed by atoms with van der Waals surface area (Å²) in [6.45, 7) is 0. The van der Waals surface area contributed by atoms with Crippen molar-refractivity contribution in [1.82, 2.24) is 9.55 Å². The summed E-state index contributed by atoms with van der Waals surface area (Å²) in [6.07, 6.45) is 0. The average Bonchev–Trinajstić information content (AvgIpc) is 3.01. The van der Waals surface area contributed by atoms with Gasteiger partial charge in [-0.3, -0.25) is 0 Å². The first-order valence-electron chi connectivity index (χ1n) is 6.26. The van der Waals surface area contributed by atoms with Crippen molar-refractivity contribution in [2.75, 3.05) is 0 Å². The number of aromatic nitrogens is 2. The van der Waals surface area contributed by atoms with E-state index in [4.69, 9.17) is 4.99 Å². The summed E-state index contributed by atoms with van der Waals surface area (Å²) in [4.78, 5) is 10.2. The minimum atomic E-state index is 0.813. The van der Waals surface area contributed by atoms with Crippen LogP contribution in [0.2, 0.25) is 0 Å². The van der Waals surface area contributed by atoms with E-state index >= 15 is 0 Å². The highest BCUT2D eigenvalue weighted by Crippen LogP contribution is 2.27. The lowest BCUT2D eigenvalue weighted by Gasteiger charge is -1.92. The van der Waals surface area contributed by atoms with E-state index in [1.54, 1.807) is 22.7 Å². The van der Waals surface area contributed by atoms with Crippen molar-refractivity contribution in [2.24, 2.45) is 12.0 Å². The Morgan fingerprint density at radius 1 is 0.950 bits per heavy atom. The zero-order valence-corrected chi connectivity index (χ0v) is 12.4. The maximum absolute atomic E-state index is 4.70. The van der Waals surface area contributed by atoms with Gasteiger partial charge in [-0.15, -0.1) is 0 Å². The Hall–Kier alpha value is -1.98. The standard InChI is InChI=1S/C15H11N3S2/c1-18-11-7-3-5-9-13(11)20-15(18)17-14-16-10-6-2-4-8-12(10)19-14/h2-9H,1H3/b17-15+. The molecular formula is C15H11N3S2. The fourth-order valence-corrected chi connectivity index (χ4v) is 4.09. The van der Waals surface area contributed by atoms with Crippen LogP contribution in [0, 0.1) is 0 Å². The molecule has 0 fully saturated rings. The number of nitrogens with zero attached hydrogens (tertiary/aromatic N) is 3. The van der Waals surface area contributed by atoms with Gasteiger partial charge in [-0.25, -0.2) is 4.98 Å². The van der Waals surface area contributed by atoms with E-state index in [9.17, 15) is 0 Å². The molecule has 0 aliphatic heterocycles. The summed E-state index contributed by atoms with van der Waals surface area (Å²) in [7, 11) is 2.05. The van der Waals surface area contributed by atoms with Gasteiger partial charge in [0.05, 0.1) is 20.4 Å². The molecule has 3 nitrogen and oxygen atoms in total. The Balaban J connectivity index is 1.95. The monoisotopic (exact) mass is 297 g/mol. The van der Waals surface area contributed by atoms with E-state index in [1.807, 2.05) is 25.2 Å². The Morgan fingerprint density at radius 2 is 1.70 bits per heavy atom. The van der Waals surface area contributed by atoms with Crippen LogP contribution in [0.4, 0.5) is 5.13 Å². The molecule has 4 aromatic rings. The highest BCUT2D eigenvalue weighted by molar-refractivity contribution is 7.22. The third-order valence-electron chi connectivity index (χ3n) is 3.19. The van der Waals surface area contributed by atoms with Gasteiger partial charge in [-0.2, -0.15) is 4.99 Å². The predicted molar refractivity (Wildman–Crippen MR) is 85.6 cm³/mol. The Labute approximate surface area is 123 Å². The second kappa shape index (κ2) is 4.54. The van der Waals surface area contributed by atoms with Crippen LogP contribution in [0.25, 0.3) is 20.4 Å². The number of hydrogen-bond acceptors (Lipinski definition) is 4. The molecule has 20 heavy (non-hydrogen) atoms. The summed E-state index contributed by atoms with van der Waals surface area (Å²) in [6, 6.07) is 16.5. The lowest BCUT2D eigenvalue weighted by atomic mass is 10.3. The maximum Gasteiger partial charge on any atom is 0.212 e. The van der Waals surface area contributed by atoms with Crippen molar-refractivity contribution < 1.29 is 0 Å². The molecular weight excluding hydrogens is 286 g/mol. The summed E-state index contributed by atoms with van der Waals surface area (Å²) in [5.74, 6) is 0. The molecule has 0 aliphatic rings. The van der Waals surface area contributed by atoms with E-state index in [-0.39, 0.29) is 0 Å². The molecule has 0 amide bonds. The van der Waals surface area contributed by atoms with Gasteiger partial charge in [-0.05, 0) is 24.3 Å². The molecule has 5 heteroatoms. The molecule has 2 aromatic carbocycles. The average molecular weight is 297 g/mol. The molecule has 4 rings (SSSR count). The third-order valence-corrected chi connectivity index (χ3v) is 5.23. The van der Waals surface area contributed by atoms with E-state index in [2.05, 4.69) is 39.9 Å². The lowest BCUT2D eigenvalue weighted by molar-refractivity contribution is 0.911. The maximum atomic E-state index is 4.70. The van der Waals surface area contributed by atoms with Crippen LogP contribution >= 0.6 is 22.7 Å². The van der Waals surface area contributed by atoms with E-state index in [0.29, 0.717) is 0 Å². The molecule has 98 valence electrons. The smallest absolute Gasteiger partial charge is 0.212 e. The normalized spacial score (nSPS) is 12.6. The SMILES string of the molecule is Cn1/c(=N\c2nc3ccccc3s2)sc2ccccc21. The Morgan fingerprint density at radius 3 is 2.50 bits per heavy atom. The van der Waals surface area contributed by atoms with Crippen LogP contribution < -0.4 is 4.80 Å². The van der Waals surface area contributed by atoms with E-state index in [0.717, 1.165) is 15.4 Å². The van der Waals surface area contributed by atoms with Gasteiger partial charge in [0.1, 0.15) is 0 Å². The highest BCUT2D eigenvalue weighted by atomic mass is 32.1. The minimum absolute atomic E-state index is 0.813. The van der Waals surface area contributed by atoms with Crippen molar-refractivity contribution in [3.63, 3.8) is 0 Å². The molecule has 0 unspecified atom stereocenters. The highest BCUT2D eigenvalue weighted by Gasteiger charge is 2.04. The molecule has 2 heterocycles. The molecule has 0 saturated carbocycles. The summed E-state index contributed by atoms with van der Waals surface area (Å²) in [5.41, 5.74) is 2.22. The van der Waals surface area contributed by atoms with Crippen LogP contribution in [0.3, 0.4) is 0 Å². The first-order chi connectivity index (χ1) is 9.81. The zero-order valence-electron chi connectivity index (χ0n) is 10.8. The first kappa shape index (κ1) is 11.8. The molecule has 2 aromatic heterocycles. The molecule has 0 radical (unpaired) electrons. The number of hydrogen-bond donors (Lipinski definition) is 0. The number of fused-ring (bicyclic) bond motifs is 2. The fraction of sp³-hybridized carbons (Fsp3) is 0.0667. The second-order valence-corrected chi connectivity index (χ2v) is 6.51. The van der Waals surface area contributed by atoms with Gasteiger partial charge in [0, 0.05) is 7.05 Å². The number of para-hydroxylation sites is 2.